The van der Waals surface area contributed by atoms with Gasteiger partial charge in [-0.3, -0.25) is 0 Å². The lowest BCUT2D eigenvalue weighted by atomic mass is 10.1. The molecule has 2 unspecified atom stereocenters. The van der Waals surface area contributed by atoms with Crippen molar-refractivity contribution in [1.82, 2.24) is 9.36 Å². The first-order valence-corrected chi connectivity index (χ1v) is 6.66. The number of aromatic nitrogens is 2. The van der Waals surface area contributed by atoms with Crippen LogP contribution in [0.2, 0.25) is 0 Å². The number of nitrogens with zero attached hydrogens (tertiary/aromatic N) is 2. The normalized spacial score (nSPS) is 14.6. The van der Waals surface area contributed by atoms with Crippen molar-refractivity contribution in [1.29, 1.82) is 0 Å². The van der Waals surface area contributed by atoms with Gasteiger partial charge >= 0.3 is 0 Å². The molecule has 0 aliphatic carbocycles. The van der Waals surface area contributed by atoms with Gasteiger partial charge in [0.05, 0.1) is 0 Å². The number of hydrogen-bond acceptors (Lipinski definition) is 5. The predicted molar refractivity (Wildman–Crippen MR) is 68.6 cm³/mol. The number of hydrogen-bond donors (Lipinski definition) is 1. The van der Waals surface area contributed by atoms with Gasteiger partial charge in [0.2, 0.25) is 0 Å². The van der Waals surface area contributed by atoms with Crippen LogP contribution in [0.5, 0.6) is 0 Å². The van der Waals surface area contributed by atoms with E-state index < -0.39 is 0 Å². The predicted octanol–water partition coefficient (Wildman–Crippen LogP) is 2.72. The van der Waals surface area contributed by atoms with Gasteiger partial charge in [-0.25, -0.2) is 4.98 Å². The van der Waals surface area contributed by atoms with Crippen molar-refractivity contribution in [2.75, 3.05) is 0 Å². The van der Waals surface area contributed by atoms with Crippen molar-refractivity contribution >= 4 is 23.3 Å². The zero-order chi connectivity index (χ0) is 11.4. The Balaban J connectivity index is 2.02. The van der Waals surface area contributed by atoms with E-state index in [2.05, 4.69) is 28.4 Å². The molecule has 0 radical (unpaired) electrons. The zero-order valence-electron chi connectivity index (χ0n) is 8.91. The van der Waals surface area contributed by atoms with Gasteiger partial charge in [0.1, 0.15) is 6.33 Å². The molecule has 0 saturated carbocycles. The summed E-state index contributed by atoms with van der Waals surface area (Å²) in [6.07, 6.45) is 1.58. The lowest BCUT2D eigenvalue weighted by molar-refractivity contribution is 0.715. The van der Waals surface area contributed by atoms with Crippen LogP contribution in [0.3, 0.4) is 0 Å². The summed E-state index contributed by atoms with van der Waals surface area (Å²) < 4.78 is 4.95. The minimum atomic E-state index is 0.0232. The van der Waals surface area contributed by atoms with E-state index in [9.17, 15) is 0 Å². The van der Waals surface area contributed by atoms with Crippen LogP contribution in [0, 0.1) is 0 Å². The van der Waals surface area contributed by atoms with Crippen LogP contribution in [0.4, 0.5) is 0 Å². The summed E-state index contributed by atoms with van der Waals surface area (Å²) in [6, 6.07) is 10.2. The van der Waals surface area contributed by atoms with Crippen molar-refractivity contribution in [2.24, 2.45) is 5.73 Å². The maximum absolute atomic E-state index is 6.19. The molecule has 84 valence electrons. The van der Waals surface area contributed by atoms with Crippen molar-refractivity contribution < 1.29 is 0 Å². The Morgan fingerprint density at radius 2 is 2.06 bits per heavy atom. The summed E-state index contributed by atoms with van der Waals surface area (Å²) in [5.74, 6) is 0. The quantitative estimate of drug-likeness (QED) is 0.849. The first kappa shape index (κ1) is 11.6. The highest BCUT2D eigenvalue weighted by atomic mass is 32.2. The highest BCUT2D eigenvalue weighted by molar-refractivity contribution is 8.01. The molecular formula is C11H13N3S2. The van der Waals surface area contributed by atoms with Crippen LogP contribution in [0.1, 0.15) is 18.5 Å². The SMILES string of the molecule is CC(Sc1ncns1)C(N)c1ccccc1. The molecule has 1 aromatic heterocycles. The van der Waals surface area contributed by atoms with E-state index in [4.69, 9.17) is 5.73 Å². The van der Waals surface area contributed by atoms with E-state index in [0.717, 1.165) is 9.90 Å². The molecule has 5 heteroatoms. The molecule has 1 heterocycles. The molecule has 0 spiro atoms. The van der Waals surface area contributed by atoms with Crippen LogP contribution >= 0.6 is 23.3 Å². The van der Waals surface area contributed by atoms with Gasteiger partial charge in [0.25, 0.3) is 0 Å². The first-order chi connectivity index (χ1) is 7.77. The van der Waals surface area contributed by atoms with E-state index in [1.165, 1.54) is 11.5 Å². The van der Waals surface area contributed by atoms with E-state index in [-0.39, 0.29) is 11.3 Å². The number of thioether (sulfide) groups is 1. The monoisotopic (exact) mass is 251 g/mol. The van der Waals surface area contributed by atoms with Crippen molar-refractivity contribution in [3.05, 3.63) is 42.2 Å². The third-order valence-corrected chi connectivity index (χ3v) is 4.26. The Kier molecular flexibility index (Phi) is 3.93. The molecular weight excluding hydrogens is 238 g/mol. The van der Waals surface area contributed by atoms with Gasteiger partial charge < -0.3 is 5.73 Å². The maximum Gasteiger partial charge on any atom is 0.170 e. The maximum atomic E-state index is 6.19. The molecule has 1 aromatic carbocycles. The number of rotatable bonds is 4. The number of benzene rings is 1. The Hall–Kier alpha value is -0.910. The van der Waals surface area contributed by atoms with Crippen LogP contribution in [0.25, 0.3) is 0 Å². The fourth-order valence-corrected chi connectivity index (χ4v) is 3.16. The summed E-state index contributed by atoms with van der Waals surface area (Å²) in [4.78, 5) is 4.15. The summed E-state index contributed by atoms with van der Waals surface area (Å²) in [6.45, 7) is 2.11. The molecule has 0 aliphatic heterocycles. The minimum absolute atomic E-state index is 0.0232. The second-order valence-electron chi connectivity index (χ2n) is 3.47. The average Bonchev–Trinajstić information content (AvgIpc) is 2.82. The molecule has 0 saturated heterocycles. The summed E-state index contributed by atoms with van der Waals surface area (Å²) in [7, 11) is 0. The van der Waals surface area contributed by atoms with Gasteiger partial charge in [-0.05, 0) is 17.1 Å². The molecule has 0 amide bonds. The molecule has 2 aromatic rings. The third kappa shape index (κ3) is 2.81. The van der Waals surface area contributed by atoms with Gasteiger partial charge in [-0.15, -0.1) is 0 Å². The Morgan fingerprint density at radius 3 is 2.69 bits per heavy atom. The fourth-order valence-electron chi connectivity index (χ4n) is 1.39. The van der Waals surface area contributed by atoms with E-state index in [1.807, 2.05) is 18.2 Å². The Morgan fingerprint density at radius 1 is 1.31 bits per heavy atom. The van der Waals surface area contributed by atoms with Gasteiger partial charge in [-0.2, -0.15) is 4.37 Å². The first-order valence-electron chi connectivity index (χ1n) is 5.01. The van der Waals surface area contributed by atoms with Crippen molar-refractivity contribution in [3.63, 3.8) is 0 Å². The topological polar surface area (TPSA) is 51.8 Å². The van der Waals surface area contributed by atoms with Gasteiger partial charge in [0.15, 0.2) is 4.34 Å². The Labute approximate surface area is 103 Å². The lowest BCUT2D eigenvalue weighted by Crippen LogP contribution is -2.20. The van der Waals surface area contributed by atoms with Crippen molar-refractivity contribution in [2.45, 2.75) is 22.6 Å². The van der Waals surface area contributed by atoms with E-state index >= 15 is 0 Å². The molecule has 2 rings (SSSR count). The third-order valence-electron chi connectivity index (χ3n) is 2.32. The van der Waals surface area contributed by atoms with Crippen LogP contribution in [-0.2, 0) is 0 Å². The molecule has 3 nitrogen and oxygen atoms in total. The molecule has 0 aliphatic rings. The van der Waals surface area contributed by atoms with Crippen LogP contribution in [-0.4, -0.2) is 14.6 Å². The van der Waals surface area contributed by atoms with Gasteiger partial charge in [0, 0.05) is 11.3 Å². The summed E-state index contributed by atoms with van der Waals surface area (Å²) in [5, 5.41) is 0.287. The highest BCUT2D eigenvalue weighted by Gasteiger charge is 2.16. The summed E-state index contributed by atoms with van der Waals surface area (Å²) >= 11 is 3.08. The molecule has 2 atom stereocenters. The van der Waals surface area contributed by atoms with E-state index in [0.29, 0.717) is 0 Å². The lowest BCUT2D eigenvalue weighted by Gasteiger charge is -2.18. The molecule has 2 N–H and O–H groups in total. The Bertz CT molecular complexity index is 416. The van der Waals surface area contributed by atoms with Gasteiger partial charge in [-0.1, -0.05) is 49.0 Å². The largest absolute Gasteiger partial charge is 0.323 e. The molecule has 0 bridgehead atoms. The second-order valence-corrected chi connectivity index (χ2v) is 5.87. The highest BCUT2D eigenvalue weighted by Crippen LogP contribution is 2.30. The van der Waals surface area contributed by atoms with Crippen molar-refractivity contribution in [3.8, 4) is 0 Å². The average molecular weight is 251 g/mol. The standard InChI is InChI=1S/C11H13N3S2/c1-8(15-11-13-7-14-16-11)10(12)9-5-3-2-4-6-9/h2-8,10H,12H2,1H3. The molecule has 16 heavy (non-hydrogen) atoms. The molecule has 0 fully saturated rings. The zero-order valence-corrected chi connectivity index (χ0v) is 10.5. The number of nitrogens with two attached hydrogens (primary N) is 1. The van der Waals surface area contributed by atoms with Crippen LogP contribution in [0.15, 0.2) is 41.0 Å². The smallest absolute Gasteiger partial charge is 0.170 e. The second kappa shape index (κ2) is 5.43. The minimum Gasteiger partial charge on any atom is -0.323 e. The fraction of sp³-hybridized carbons (Fsp3) is 0.273. The summed E-state index contributed by atoms with van der Waals surface area (Å²) in [5.41, 5.74) is 7.35. The van der Waals surface area contributed by atoms with E-state index in [1.54, 1.807) is 18.1 Å². The van der Waals surface area contributed by atoms with Crippen LogP contribution < -0.4 is 5.73 Å².